The Balaban J connectivity index is 0.000000396. The molecular formula is C22H34O7. The van der Waals surface area contributed by atoms with Gasteiger partial charge in [-0.15, -0.1) is 0 Å². The van der Waals surface area contributed by atoms with E-state index in [0.29, 0.717) is 38.2 Å². The fourth-order valence-electron chi connectivity index (χ4n) is 3.08. The lowest BCUT2D eigenvalue weighted by Gasteiger charge is -2.24. The minimum absolute atomic E-state index is 0.0163. The molecule has 1 fully saturated rings. The predicted molar refractivity (Wildman–Crippen MR) is 109 cm³/mol. The van der Waals surface area contributed by atoms with Gasteiger partial charge in [-0.3, -0.25) is 9.59 Å². The second-order valence-corrected chi connectivity index (χ2v) is 7.25. The first kappa shape index (κ1) is 25.1. The Labute approximate surface area is 172 Å². The molecule has 164 valence electrons. The molecule has 1 saturated carbocycles. The summed E-state index contributed by atoms with van der Waals surface area (Å²) in [6, 6.07) is 5.61. The van der Waals surface area contributed by atoms with Crippen LogP contribution in [0.15, 0.2) is 18.2 Å². The van der Waals surface area contributed by atoms with Gasteiger partial charge < -0.3 is 24.8 Å². The molecule has 0 spiro atoms. The van der Waals surface area contributed by atoms with E-state index in [0.717, 1.165) is 11.3 Å². The molecule has 2 rings (SSSR count). The molecule has 1 aromatic rings. The number of ketones is 2. The van der Waals surface area contributed by atoms with Crippen molar-refractivity contribution in [2.45, 2.75) is 52.4 Å². The number of benzene rings is 1. The third-order valence-corrected chi connectivity index (χ3v) is 5.13. The van der Waals surface area contributed by atoms with Crippen LogP contribution < -0.4 is 9.47 Å². The van der Waals surface area contributed by atoms with Gasteiger partial charge in [-0.05, 0) is 31.9 Å². The van der Waals surface area contributed by atoms with Gasteiger partial charge >= 0.3 is 0 Å². The smallest absolute Gasteiger partial charge is 0.140 e. The Morgan fingerprint density at radius 1 is 0.931 bits per heavy atom. The van der Waals surface area contributed by atoms with E-state index in [1.165, 1.54) is 0 Å². The van der Waals surface area contributed by atoms with Crippen LogP contribution in [0.25, 0.3) is 0 Å². The minimum Gasteiger partial charge on any atom is -0.494 e. The van der Waals surface area contributed by atoms with Gasteiger partial charge in [0.15, 0.2) is 0 Å². The third-order valence-electron chi connectivity index (χ3n) is 5.13. The van der Waals surface area contributed by atoms with E-state index in [9.17, 15) is 9.59 Å². The summed E-state index contributed by atoms with van der Waals surface area (Å²) >= 11 is 0. The van der Waals surface area contributed by atoms with Crippen molar-refractivity contribution >= 4 is 11.6 Å². The zero-order valence-corrected chi connectivity index (χ0v) is 17.6. The summed E-state index contributed by atoms with van der Waals surface area (Å²) in [7, 11) is 0. The fourth-order valence-corrected chi connectivity index (χ4v) is 3.08. The van der Waals surface area contributed by atoms with Crippen molar-refractivity contribution < 1.29 is 34.4 Å². The number of rotatable bonds is 9. The quantitative estimate of drug-likeness (QED) is 0.535. The molecule has 0 heterocycles. The Kier molecular flexibility index (Phi) is 10.9. The van der Waals surface area contributed by atoms with Crippen LogP contribution in [0, 0.1) is 5.41 Å². The number of ether oxygens (including phenoxy) is 2. The molecule has 7 heteroatoms. The first-order valence-corrected chi connectivity index (χ1v) is 10.1. The molecule has 0 saturated heterocycles. The standard InChI is InChI=1S/C16H20O4.C6H14O3/c1-3-19-14-5-6-15(16(10-14)20-4-2)11-7-12(17)9-13(18)8-11;1-2-6(3-7,4-8)5-9/h5-6,10-11H,3-4,7-9H2,1-2H3;7-9H,2-5H2,1H3. The first-order chi connectivity index (χ1) is 13.9. The molecule has 29 heavy (non-hydrogen) atoms. The van der Waals surface area contributed by atoms with Gasteiger partial charge in [-0.25, -0.2) is 0 Å². The maximum absolute atomic E-state index is 11.6. The highest BCUT2D eigenvalue weighted by Crippen LogP contribution is 2.37. The van der Waals surface area contributed by atoms with Crippen LogP contribution >= 0.6 is 0 Å². The van der Waals surface area contributed by atoms with Crippen LogP contribution in [-0.2, 0) is 9.59 Å². The monoisotopic (exact) mass is 410 g/mol. The van der Waals surface area contributed by atoms with Gasteiger partial charge in [0, 0.05) is 30.2 Å². The van der Waals surface area contributed by atoms with Gasteiger partial charge in [0.2, 0.25) is 0 Å². The number of hydrogen-bond acceptors (Lipinski definition) is 7. The van der Waals surface area contributed by atoms with Gasteiger partial charge in [-0.2, -0.15) is 0 Å². The second kappa shape index (κ2) is 12.6. The molecule has 0 radical (unpaired) electrons. The normalized spacial score (nSPS) is 15.0. The SMILES string of the molecule is CCC(CO)(CO)CO.CCOc1ccc(C2CC(=O)CC(=O)C2)c(OCC)c1. The van der Waals surface area contributed by atoms with Gasteiger partial charge in [0.25, 0.3) is 0 Å². The van der Waals surface area contributed by atoms with E-state index in [-0.39, 0.29) is 43.7 Å². The molecule has 1 aromatic carbocycles. The lowest BCUT2D eigenvalue weighted by Crippen LogP contribution is -2.32. The summed E-state index contributed by atoms with van der Waals surface area (Å²) in [4.78, 5) is 23.2. The number of carbonyl (C=O) groups is 2. The van der Waals surface area contributed by atoms with E-state index in [2.05, 4.69) is 0 Å². The Morgan fingerprint density at radius 3 is 1.90 bits per heavy atom. The summed E-state index contributed by atoms with van der Waals surface area (Å²) in [6.07, 6.45) is 1.51. The van der Waals surface area contributed by atoms with Crippen molar-refractivity contribution in [2.75, 3.05) is 33.0 Å². The van der Waals surface area contributed by atoms with Crippen LogP contribution in [0.5, 0.6) is 11.5 Å². The van der Waals surface area contributed by atoms with Crippen LogP contribution in [0.1, 0.15) is 57.9 Å². The Morgan fingerprint density at radius 2 is 1.48 bits per heavy atom. The first-order valence-electron chi connectivity index (χ1n) is 10.1. The zero-order valence-electron chi connectivity index (χ0n) is 17.6. The summed E-state index contributed by atoms with van der Waals surface area (Å²) < 4.78 is 11.1. The number of aliphatic hydroxyl groups is 3. The molecule has 0 atom stereocenters. The third kappa shape index (κ3) is 7.42. The molecular weight excluding hydrogens is 376 g/mol. The summed E-state index contributed by atoms with van der Waals surface area (Å²) in [5.74, 6) is 1.42. The zero-order chi connectivity index (χ0) is 21.9. The lowest BCUT2D eigenvalue weighted by molar-refractivity contribution is -0.130. The topological polar surface area (TPSA) is 113 Å². The highest BCUT2D eigenvalue weighted by Gasteiger charge is 2.28. The molecule has 0 unspecified atom stereocenters. The highest BCUT2D eigenvalue weighted by atomic mass is 16.5. The van der Waals surface area contributed by atoms with E-state index in [4.69, 9.17) is 24.8 Å². The van der Waals surface area contributed by atoms with Crippen molar-refractivity contribution in [3.05, 3.63) is 23.8 Å². The summed E-state index contributed by atoms with van der Waals surface area (Å²) in [5.41, 5.74) is 0.261. The number of carbonyl (C=O) groups excluding carboxylic acids is 2. The highest BCUT2D eigenvalue weighted by molar-refractivity contribution is 6.02. The molecule has 0 aromatic heterocycles. The second-order valence-electron chi connectivity index (χ2n) is 7.25. The fraction of sp³-hybridized carbons (Fsp3) is 0.636. The van der Waals surface area contributed by atoms with Crippen molar-refractivity contribution in [3.8, 4) is 11.5 Å². The minimum atomic E-state index is -0.667. The average molecular weight is 411 g/mol. The number of Topliss-reactive ketones (excluding diaryl/α,β-unsaturated/α-hetero) is 2. The largest absolute Gasteiger partial charge is 0.494 e. The molecule has 0 aliphatic heterocycles. The Bertz CT molecular complexity index is 619. The molecule has 0 bridgehead atoms. The summed E-state index contributed by atoms with van der Waals surface area (Å²) in [5, 5.41) is 26.0. The van der Waals surface area contributed by atoms with Crippen LogP contribution in [0.2, 0.25) is 0 Å². The van der Waals surface area contributed by atoms with Gasteiger partial charge in [0.05, 0.1) is 39.5 Å². The van der Waals surface area contributed by atoms with Crippen molar-refractivity contribution in [2.24, 2.45) is 5.41 Å². The van der Waals surface area contributed by atoms with Crippen molar-refractivity contribution in [1.82, 2.24) is 0 Å². The molecule has 0 amide bonds. The number of hydrogen-bond donors (Lipinski definition) is 3. The lowest BCUT2D eigenvalue weighted by atomic mass is 9.82. The van der Waals surface area contributed by atoms with Gasteiger partial charge in [0.1, 0.15) is 23.1 Å². The molecule has 1 aliphatic rings. The number of aliphatic hydroxyl groups excluding tert-OH is 3. The Hall–Kier alpha value is -1.96. The molecule has 7 nitrogen and oxygen atoms in total. The maximum Gasteiger partial charge on any atom is 0.140 e. The van der Waals surface area contributed by atoms with Crippen molar-refractivity contribution in [3.63, 3.8) is 0 Å². The maximum atomic E-state index is 11.6. The predicted octanol–water partition coefficient (Wildman–Crippen LogP) is 2.25. The average Bonchev–Trinajstić information content (AvgIpc) is 2.71. The van der Waals surface area contributed by atoms with Crippen LogP contribution in [-0.4, -0.2) is 59.9 Å². The van der Waals surface area contributed by atoms with Gasteiger partial charge in [-0.1, -0.05) is 13.0 Å². The molecule has 3 N–H and O–H groups in total. The van der Waals surface area contributed by atoms with E-state index >= 15 is 0 Å². The van der Waals surface area contributed by atoms with Crippen LogP contribution in [0.3, 0.4) is 0 Å². The van der Waals surface area contributed by atoms with E-state index < -0.39 is 5.41 Å². The summed E-state index contributed by atoms with van der Waals surface area (Å²) in [6.45, 7) is 6.32. The van der Waals surface area contributed by atoms with Crippen molar-refractivity contribution in [1.29, 1.82) is 0 Å². The van der Waals surface area contributed by atoms with E-state index in [1.54, 1.807) is 0 Å². The van der Waals surface area contributed by atoms with E-state index in [1.807, 2.05) is 39.0 Å². The van der Waals surface area contributed by atoms with Crippen LogP contribution in [0.4, 0.5) is 0 Å². The molecule has 1 aliphatic carbocycles.